The second-order valence-electron chi connectivity index (χ2n) is 7.83. The van der Waals surface area contributed by atoms with Crippen LogP contribution in [0.2, 0.25) is 5.02 Å². The van der Waals surface area contributed by atoms with E-state index in [-0.39, 0.29) is 17.1 Å². The van der Waals surface area contributed by atoms with Crippen molar-refractivity contribution in [1.29, 1.82) is 0 Å². The van der Waals surface area contributed by atoms with E-state index in [0.717, 1.165) is 36.1 Å². The molecule has 1 aliphatic carbocycles. The largest absolute Gasteiger partial charge is 0.497 e. The van der Waals surface area contributed by atoms with Crippen LogP contribution < -0.4 is 16.0 Å². The Labute approximate surface area is 192 Å². The maximum atomic E-state index is 13.6. The van der Waals surface area contributed by atoms with Gasteiger partial charge in [-0.3, -0.25) is 9.36 Å². The summed E-state index contributed by atoms with van der Waals surface area (Å²) in [6, 6.07) is 11.0. The number of fused-ring (bicyclic) bond motifs is 3. The zero-order valence-corrected chi connectivity index (χ0v) is 18.9. The highest BCUT2D eigenvalue weighted by Gasteiger charge is 2.24. The monoisotopic (exact) mass is 470 g/mol. The highest BCUT2D eigenvalue weighted by Crippen LogP contribution is 2.35. The second kappa shape index (κ2) is 8.22. The number of thiophene rings is 1. The molecule has 0 N–H and O–H groups in total. The minimum atomic E-state index is -0.452. The Bertz CT molecular complexity index is 1450. The molecular weight excluding hydrogens is 451 g/mol. The van der Waals surface area contributed by atoms with Crippen molar-refractivity contribution in [1.82, 2.24) is 9.13 Å². The predicted molar refractivity (Wildman–Crippen MR) is 125 cm³/mol. The summed E-state index contributed by atoms with van der Waals surface area (Å²) in [7, 11) is 1.56. The van der Waals surface area contributed by atoms with Crippen molar-refractivity contribution in [2.24, 2.45) is 0 Å². The van der Waals surface area contributed by atoms with Crippen LogP contribution in [0.25, 0.3) is 15.9 Å². The Morgan fingerprint density at radius 2 is 1.84 bits per heavy atom. The standard InChI is InChI=1S/C24H20ClFN2O3S/c1-31-17-10-8-16(9-11-17)28-22(29)21-18-4-2-3-5-20(18)32-23(21)27(24(28)30)13-14-6-7-15(26)12-19(14)25/h6-12H,2-5,13H2,1H3. The van der Waals surface area contributed by atoms with Gasteiger partial charge in [0.1, 0.15) is 16.4 Å². The number of ether oxygens (including phenoxy) is 1. The third-order valence-electron chi connectivity index (χ3n) is 5.91. The van der Waals surface area contributed by atoms with Crippen molar-refractivity contribution in [2.45, 2.75) is 32.2 Å². The van der Waals surface area contributed by atoms with Crippen LogP contribution in [0.5, 0.6) is 5.75 Å². The fourth-order valence-corrected chi connectivity index (χ4v) is 5.89. The number of halogens is 2. The minimum absolute atomic E-state index is 0.143. The highest BCUT2D eigenvalue weighted by molar-refractivity contribution is 7.18. The summed E-state index contributed by atoms with van der Waals surface area (Å²) >= 11 is 7.78. The molecule has 2 aromatic carbocycles. The van der Waals surface area contributed by atoms with Crippen LogP contribution >= 0.6 is 22.9 Å². The number of benzene rings is 2. The SMILES string of the molecule is COc1ccc(-n2c(=O)c3c4c(sc3n(Cc3ccc(F)cc3Cl)c2=O)CCCC4)cc1. The van der Waals surface area contributed by atoms with Gasteiger partial charge in [0.05, 0.1) is 24.7 Å². The van der Waals surface area contributed by atoms with Gasteiger partial charge in [0.2, 0.25) is 0 Å². The summed E-state index contributed by atoms with van der Waals surface area (Å²) < 4.78 is 21.6. The van der Waals surface area contributed by atoms with Gasteiger partial charge in [-0.2, -0.15) is 0 Å². The van der Waals surface area contributed by atoms with Crippen molar-refractivity contribution in [2.75, 3.05) is 7.11 Å². The van der Waals surface area contributed by atoms with Crippen molar-refractivity contribution >= 4 is 33.2 Å². The number of aromatic nitrogens is 2. The molecule has 0 saturated heterocycles. The van der Waals surface area contributed by atoms with E-state index in [9.17, 15) is 14.0 Å². The Hall–Kier alpha value is -2.90. The molecular formula is C24H20ClFN2O3S. The van der Waals surface area contributed by atoms with Gasteiger partial charge in [0, 0.05) is 9.90 Å². The summed E-state index contributed by atoms with van der Waals surface area (Å²) in [6.45, 7) is 0.143. The fourth-order valence-electron chi connectivity index (χ4n) is 4.29. The molecule has 0 saturated carbocycles. The lowest BCUT2D eigenvalue weighted by atomic mass is 9.97. The zero-order chi connectivity index (χ0) is 22.4. The van der Waals surface area contributed by atoms with Crippen LogP contribution in [-0.4, -0.2) is 16.2 Å². The molecule has 0 amide bonds. The molecule has 0 radical (unpaired) electrons. The molecule has 0 atom stereocenters. The van der Waals surface area contributed by atoms with Gasteiger partial charge in [-0.25, -0.2) is 13.8 Å². The van der Waals surface area contributed by atoms with Crippen LogP contribution in [0.15, 0.2) is 52.1 Å². The van der Waals surface area contributed by atoms with E-state index < -0.39 is 11.5 Å². The molecule has 2 heterocycles. The molecule has 1 aliphatic rings. The number of methoxy groups -OCH3 is 1. The maximum Gasteiger partial charge on any atom is 0.337 e. The van der Waals surface area contributed by atoms with Crippen LogP contribution in [0.1, 0.15) is 28.8 Å². The van der Waals surface area contributed by atoms with Crippen molar-refractivity contribution in [3.63, 3.8) is 0 Å². The predicted octanol–water partition coefficient (Wildman–Crippen LogP) is 4.94. The normalized spacial score (nSPS) is 13.3. The van der Waals surface area contributed by atoms with Gasteiger partial charge in [0.25, 0.3) is 5.56 Å². The van der Waals surface area contributed by atoms with Crippen LogP contribution in [0.4, 0.5) is 4.39 Å². The molecule has 0 bridgehead atoms. The molecule has 0 aliphatic heterocycles. The zero-order valence-electron chi connectivity index (χ0n) is 17.4. The molecule has 164 valence electrons. The van der Waals surface area contributed by atoms with Crippen LogP contribution in [0, 0.1) is 5.82 Å². The van der Waals surface area contributed by atoms with Crippen molar-refractivity contribution < 1.29 is 9.13 Å². The maximum absolute atomic E-state index is 13.6. The molecule has 5 rings (SSSR count). The number of hydrogen-bond acceptors (Lipinski definition) is 4. The lowest BCUT2D eigenvalue weighted by Gasteiger charge is -2.14. The molecule has 0 fully saturated rings. The number of rotatable bonds is 4. The lowest BCUT2D eigenvalue weighted by molar-refractivity contribution is 0.414. The third-order valence-corrected chi connectivity index (χ3v) is 7.58. The molecule has 2 aromatic heterocycles. The molecule has 0 unspecified atom stereocenters. The van der Waals surface area contributed by atoms with Crippen LogP contribution in [0.3, 0.4) is 0 Å². The number of nitrogens with zero attached hydrogens (tertiary/aromatic N) is 2. The van der Waals surface area contributed by atoms with E-state index in [1.165, 1.54) is 28.0 Å². The average molecular weight is 471 g/mol. The summed E-state index contributed by atoms with van der Waals surface area (Å²) in [5, 5.41) is 0.840. The highest BCUT2D eigenvalue weighted by atomic mass is 35.5. The summed E-state index contributed by atoms with van der Waals surface area (Å²) in [5.41, 5.74) is 1.37. The van der Waals surface area contributed by atoms with E-state index >= 15 is 0 Å². The van der Waals surface area contributed by atoms with Crippen molar-refractivity contribution in [3.05, 3.63) is 90.1 Å². The van der Waals surface area contributed by atoms with Gasteiger partial charge in [-0.15, -0.1) is 11.3 Å². The van der Waals surface area contributed by atoms with Gasteiger partial charge < -0.3 is 4.74 Å². The second-order valence-corrected chi connectivity index (χ2v) is 9.32. The smallest absolute Gasteiger partial charge is 0.337 e. The van der Waals surface area contributed by atoms with E-state index in [1.54, 1.807) is 42.0 Å². The lowest BCUT2D eigenvalue weighted by Crippen LogP contribution is -2.39. The Kier molecular flexibility index (Phi) is 5.39. The quantitative estimate of drug-likeness (QED) is 0.424. The van der Waals surface area contributed by atoms with Gasteiger partial charge in [0.15, 0.2) is 0 Å². The van der Waals surface area contributed by atoms with Crippen molar-refractivity contribution in [3.8, 4) is 11.4 Å². The molecule has 5 nitrogen and oxygen atoms in total. The topological polar surface area (TPSA) is 53.2 Å². The first-order valence-electron chi connectivity index (χ1n) is 10.4. The molecule has 8 heteroatoms. The average Bonchev–Trinajstić information content (AvgIpc) is 3.18. The van der Waals surface area contributed by atoms with E-state index in [4.69, 9.17) is 16.3 Å². The Morgan fingerprint density at radius 1 is 1.09 bits per heavy atom. The summed E-state index contributed by atoms with van der Waals surface area (Å²) in [4.78, 5) is 29.1. The molecule has 4 aromatic rings. The van der Waals surface area contributed by atoms with Gasteiger partial charge in [-0.1, -0.05) is 17.7 Å². The Balaban J connectivity index is 1.80. The third kappa shape index (κ3) is 3.45. The first-order valence-corrected chi connectivity index (χ1v) is 11.6. The summed E-state index contributed by atoms with van der Waals surface area (Å²) in [6.07, 6.45) is 3.81. The van der Waals surface area contributed by atoms with E-state index in [0.29, 0.717) is 27.2 Å². The van der Waals surface area contributed by atoms with Gasteiger partial charge in [-0.05, 0) is 73.2 Å². The number of aryl methyl sites for hydroxylation is 2. The molecule has 0 spiro atoms. The van der Waals surface area contributed by atoms with E-state index in [1.807, 2.05) is 0 Å². The van der Waals surface area contributed by atoms with Crippen LogP contribution in [-0.2, 0) is 19.4 Å². The minimum Gasteiger partial charge on any atom is -0.497 e. The molecule has 32 heavy (non-hydrogen) atoms. The first-order chi connectivity index (χ1) is 15.5. The Morgan fingerprint density at radius 3 is 2.56 bits per heavy atom. The fraction of sp³-hybridized carbons (Fsp3) is 0.250. The first kappa shape index (κ1) is 21.0. The van der Waals surface area contributed by atoms with Gasteiger partial charge >= 0.3 is 5.69 Å². The van der Waals surface area contributed by atoms with E-state index in [2.05, 4.69) is 0 Å². The summed E-state index contributed by atoms with van der Waals surface area (Å²) in [5.74, 6) is 0.195. The number of hydrogen-bond donors (Lipinski definition) is 0.